The summed E-state index contributed by atoms with van der Waals surface area (Å²) in [4.78, 5) is 38.6. The number of aliphatic hydroxyl groups excluding tert-OH is 1. The zero-order valence-electron chi connectivity index (χ0n) is 36.6. The molecule has 0 spiro atoms. The van der Waals surface area contributed by atoms with Gasteiger partial charge in [0.15, 0.2) is 6.10 Å². The minimum Gasteiger partial charge on any atom is -0.462 e. The number of allylic oxidation sites excluding steroid dienone is 6. The lowest BCUT2D eigenvalue weighted by Gasteiger charge is -2.43. The number of hydrogen-bond donors (Lipinski definition) is 1. The van der Waals surface area contributed by atoms with Gasteiger partial charge in [0.05, 0.1) is 12.6 Å². The van der Waals surface area contributed by atoms with Crippen LogP contribution in [0.1, 0.15) is 188 Å². The van der Waals surface area contributed by atoms with E-state index in [9.17, 15) is 14.4 Å². The number of rotatable bonds is 37. The largest absolute Gasteiger partial charge is 0.462 e. The fourth-order valence-electron chi connectivity index (χ4n) is 6.39. The van der Waals surface area contributed by atoms with Gasteiger partial charge in [-0.1, -0.05) is 154 Å². The van der Waals surface area contributed by atoms with E-state index in [0.717, 1.165) is 44.9 Å². The minimum absolute atomic E-state index is 0.0149. The van der Waals surface area contributed by atoms with E-state index < -0.39 is 12.2 Å². The number of aliphatic hydroxyl groups is 1. The number of nitrogens with zero attached hydrogens (tertiary/aromatic N) is 2. The maximum absolute atomic E-state index is 12.2. The Labute approximate surface area is 344 Å². The van der Waals surface area contributed by atoms with Crippen molar-refractivity contribution in [3.05, 3.63) is 36.5 Å². The highest BCUT2D eigenvalue weighted by Gasteiger charge is 2.33. The van der Waals surface area contributed by atoms with Crippen molar-refractivity contribution in [2.24, 2.45) is 0 Å². The van der Waals surface area contributed by atoms with Gasteiger partial charge in [-0.15, -0.1) is 0 Å². The predicted molar refractivity (Wildman–Crippen MR) is 233 cm³/mol. The van der Waals surface area contributed by atoms with E-state index in [1.807, 2.05) is 4.90 Å². The van der Waals surface area contributed by atoms with Gasteiger partial charge in [0.25, 0.3) is 6.47 Å². The van der Waals surface area contributed by atoms with Crippen LogP contribution in [0.2, 0.25) is 0 Å². The lowest BCUT2D eigenvalue weighted by Crippen LogP contribution is -2.60. The number of carbonyl (C=O) groups is 3. The molecule has 1 fully saturated rings. The Morgan fingerprint density at radius 2 is 1.07 bits per heavy atom. The van der Waals surface area contributed by atoms with E-state index in [0.29, 0.717) is 26.1 Å². The zero-order valence-corrected chi connectivity index (χ0v) is 36.6. The molecule has 1 aliphatic heterocycles. The third kappa shape index (κ3) is 34.6. The first-order valence-electron chi connectivity index (χ1n) is 22.9. The minimum atomic E-state index is -0.842. The second-order valence-electron chi connectivity index (χ2n) is 15.4. The number of likely N-dealkylation sites (tertiary alicyclic amines) is 1. The van der Waals surface area contributed by atoms with Crippen molar-refractivity contribution < 1.29 is 33.7 Å². The molecule has 0 radical (unpaired) electrons. The molecule has 1 aliphatic rings. The molecule has 9 nitrogen and oxygen atoms in total. The van der Waals surface area contributed by atoms with Crippen LogP contribution in [-0.4, -0.2) is 92.1 Å². The number of amides is 1. The summed E-state index contributed by atoms with van der Waals surface area (Å²) in [6.45, 7) is 8.72. The summed E-state index contributed by atoms with van der Waals surface area (Å²) < 4.78 is 15.4. The number of hydrogen-bond acceptors (Lipinski definition) is 8. The SMILES string of the molecule is CCCCC/C=C\C/C=C\CCCCCCCC(=O)OCC(COC(=O)N(C)C1CN(CCO)C1)OC=O.CCCCCCCC/C=C\CCCCCCCC. The average molecular weight is 791 g/mol. The maximum atomic E-state index is 12.2. The third-order valence-electron chi connectivity index (χ3n) is 10.2. The molecule has 326 valence electrons. The van der Waals surface area contributed by atoms with Crippen LogP contribution in [0.3, 0.4) is 0 Å². The molecule has 1 atom stereocenters. The van der Waals surface area contributed by atoms with E-state index in [2.05, 4.69) is 57.2 Å². The molecule has 1 heterocycles. The van der Waals surface area contributed by atoms with Crippen LogP contribution in [0.25, 0.3) is 0 Å². The van der Waals surface area contributed by atoms with Crippen LogP contribution in [0.15, 0.2) is 36.5 Å². The Bertz CT molecular complexity index is 962. The van der Waals surface area contributed by atoms with Gasteiger partial charge in [0.1, 0.15) is 13.2 Å². The maximum Gasteiger partial charge on any atom is 0.409 e. The summed E-state index contributed by atoms with van der Waals surface area (Å²) in [6.07, 6.45) is 44.6. The fraction of sp³-hybridized carbons (Fsp3) is 0.809. The molecule has 1 rings (SSSR count). The molecule has 0 aliphatic carbocycles. The van der Waals surface area contributed by atoms with Crippen molar-refractivity contribution in [1.82, 2.24) is 9.80 Å². The summed E-state index contributed by atoms with van der Waals surface area (Å²) in [6, 6.07) is 0.0149. The second-order valence-corrected chi connectivity index (χ2v) is 15.4. The van der Waals surface area contributed by atoms with Crippen molar-refractivity contribution in [3.8, 4) is 0 Å². The molecule has 1 N–H and O–H groups in total. The normalized spacial score (nSPS) is 13.8. The number of carbonyl (C=O) groups excluding carboxylic acids is 3. The summed E-state index contributed by atoms with van der Waals surface area (Å²) in [7, 11) is 1.64. The first kappa shape index (κ1) is 53.4. The van der Waals surface area contributed by atoms with Gasteiger partial charge in [-0.3, -0.25) is 14.5 Å². The van der Waals surface area contributed by atoms with E-state index in [-0.39, 0.29) is 38.3 Å². The average Bonchev–Trinajstić information content (AvgIpc) is 3.18. The van der Waals surface area contributed by atoms with Crippen LogP contribution >= 0.6 is 0 Å². The number of unbranched alkanes of at least 4 members (excludes halogenated alkanes) is 20. The van der Waals surface area contributed by atoms with Gasteiger partial charge >= 0.3 is 12.1 Å². The van der Waals surface area contributed by atoms with Crippen molar-refractivity contribution >= 4 is 18.5 Å². The molecule has 0 aromatic heterocycles. The van der Waals surface area contributed by atoms with Gasteiger partial charge in [-0.25, -0.2) is 4.79 Å². The summed E-state index contributed by atoms with van der Waals surface area (Å²) in [5.41, 5.74) is 0. The fourth-order valence-corrected chi connectivity index (χ4v) is 6.39. The van der Waals surface area contributed by atoms with Crippen LogP contribution in [-0.2, 0) is 23.8 Å². The number of likely N-dealkylation sites (N-methyl/N-ethyl adjacent to an activating group) is 1. The molecule has 1 unspecified atom stereocenters. The Hall–Kier alpha value is -2.65. The van der Waals surface area contributed by atoms with Crippen molar-refractivity contribution in [2.75, 3.05) is 46.5 Å². The Balaban J connectivity index is 0.00000141. The van der Waals surface area contributed by atoms with Gasteiger partial charge in [0, 0.05) is 33.1 Å². The summed E-state index contributed by atoms with van der Waals surface area (Å²) in [5, 5.41) is 8.94. The first-order chi connectivity index (χ1) is 27.4. The zero-order chi connectivity index (χ0) is 41.2. The summed E-state index contributed by atoms with van der Waals surface area (Å²) in [5.74, 6) is -0.350. The molecule has 1 amide bonds. The molecule has 0 bridgehead atoms. The van der Waals surface area contributed by atoms with Crippen LogP contribution < -0.4 is 0 Å². The van der Waals surface area contributed by atoms with Gasteiger partial charge < -0.3 is 24.2 Å². The lowest BCUT2D eigenvalue weighted by atomic mass is 10.1. The highest BCUT2D eigenvalue weighted by atomic mass is 16.6. The molecule has 0 saturated carbocycles. The molecule has 1 saturated heterocycles. The highest BCUT2D eigenvalue weighted by molar-refractivity contribution is 5.69. The monoisotopic (exact) mass is 791 g/mol. The topological polar surface area (TPSA) is 106 Å². The Morgan fingerprint density at radius 1 is 0.643 bits per heavy atom. The number of esters is 1. The summed E-state index contributed by atoms with van der Waals surface area (Å²) >= 11 is 0. The Kier molecular flexibility index (Phi) is 40.0. The smallest absolute Gasteiger partial charge is 0.409 e. The molecule has 0 aromatic carbocycles. The molecule has 56 heavy (non-hydrogen) atoms. The van der Waals surface area contributed by atoms with Gasteiger partial charge in [0.2, 0.25) is 0 Å². The second kappa shape index (κ2) is 42.0. The highest BCUT2D eigenvalue weighted by Crippen LogP contribution is 2.15. The van der Waals surface area contributed by atoms with Crippen LogP contribution in [0.4, 0.5) is 4.79 Å². The van der Waals surface area contributed by atoms with Crippen LogP contribution in [0.5, 0.6) is 0 Å². The molecular formula is C47H86N2O7. The molecular weight excluding hydrogens is 705 g/mol. The third-order valence-corrected chi connectivity index (χ3v) is 10.2. The molecule has 0 aromatic rings. The van der Waals surface area contributed by atoms with Crippen molar-refractivity contribution in [2.45, 2.75) is 200 Å². The van der Waals surface area contributed by atoms with E-state index in [4.69, 9.17) is 19.3 Å². The standard InChI is InChI=1S/C29H50N2O7.C18H36/c1-3-4-5-6-7-8-9-10-11-12-13-14-15-16-17-18-28(34)36-23-27(38-25-33)24-37-29(35)30(2)26-21-31(22-26)19-20-32;1-3-5-7-9-11-13-15-17-18-16-14-12-10-8-6-4-2/h7-8,10-11,25-27,32H,3-6,9,12-24H2,1-2H3;17-18H,3-16H2,1-2H3/b8-7-,11-10-;18-17-. The molecule has 9 heteroatoms. The van der Waals surface area contributed by atoms with Gasteiger partial charge in [-0.2, -0.15) is 0 Å². The first-order valence-corrected chi connectivity index (χ1v) is 22.9. The van der Waals surface area contributed by atoms with Crippen LogP contribution in [0, 0.1) is 0 Å². The van der Waals surface area contributed by atoms with E-state index in [1.54, 1.807) is 7.05 Å². The lowest BCUT2D eigenvalue weighted by molar-refractivity contribution is -0.153. The van der Waals surface area contributed by atoms with Crippen molar-refractivity contribution in [1.29, 1.82) is 0 Å². The number of β-amino-alcohol motifs (C(OH)–C–C–N with tert-alkyl or cyclic N) is 1. The van der Waals surface area contributed by atoms with Crippen molar-refractivity contribution in [3.63, 3.8) is 0 Å². The van der Waals surface area contributed by atoms with E-state index in [1.165, 1.54) is 120 Å². The number of ether oxygens (including phenoxy) is 3. The van der Waals surface area contributed by atoms with Gasteiger partial charge in [-0.05, 0) is 64.2 Å². The quantitative estimate of drug-likeness (QED) is 0.0218. The van der Waals surface area contributed by atoms with E-state index >= 15 is 0 Å². The Morgan fingerprint density at radius 3 is 1.57 bits per heavy atom. The predicted octanol–water partition coefficient (Wildman–Crippen LogP) is 11.7.